The molecule has 0 aliphatic heterocycles. The predicted octanol–water partition coefficient (Wildman–Crippen LogP) is 4.82. The summed E-state index contributed by atoms with van der Waals surface area (Å²) in [6.07, 6.45) is 3.70. The first kappa shape index (κ1) is 18.8. The van der Waals surface area contributed by atoms with Crippen molar-refractivity contribution in [1.29, 1.82) is 0 Å². The number of hydrogen-bond donors (Lipinski definition) is 0. The van der Waals surface area contributed by atoms with Gasteiger partial charge in [-0.1, -0.05) is 91.0 Å². The van der Waals surface area contributed by atoms with Gasteiger partial charge in [0.2, 0.25) is 0 Å². The van der Waals surface area contributed by atoms with E-state index in [9.17, 15) is 13.2 Å². The maximum atomic E-state index is 13.1. The summed E-state index contributed by atoms with van der Waals surface area (Å²) < 4.78 is 26.3. The first-order valence-corrected chi connectivity index (χ1v) is 10.2. The zero-order valence-electron chi connectivity index (χ0n) is 14.7. The van der Waals surface area contributed by atoms with Crippen molar-refractivity contribution in [2.75, 3.05) is 0 Å². The molecule has 0 aromatic heterocycles. The summed E-state index contributed by atoms with van der Waals surface area (Å²) in [5.74, 6) is -0.392. The van der Waals surface area contributed by atoms with Crippen LogP contribution in [-0.4, -0.2) is 19.5 Å². The van der Waals surface area contributed by atoms with Gasteiger partial charge in [-0.05, 0) is 24.1 Å². The van der Waals surface area contributed by atoms with Crippen LogP contribution in [0.5, 0.6) is 0 Å². The van der Waals surface area contributed by atoms with Crippen LogP contribution in [0.25, 0.3) is 6.08 Å². The molecule has 4 heteroatoms. The second-order valence-corrected chi connectivity index (χ2v) is 8.26. The Balaban J connectivity index is 1.94. The second kappa shape index (κ2) is 8.60. The van der Waals surface area contributed by atoms with Gasteiger partial charge in [-0.3, -0.25) is 4.79 Å². The molecule has 0 spiro atoms. The first-order valence-electron chi connectivity index (χ1n) is 8.69. The Morgan fingerprint density at radius 2 is 1.30 bits per heavy atom. The van der Waals surface area contributed by atoms with Gasteiger partial charge in [-0.15, -0.1) is 0 Å². The van der Waals surface area contributed by atoms with Crippen LogP contribution in [0.2, 0.25) is 0 Å². The molecule has 0 heterocycles. The van der Waals surface area contributed by atoms with E-state index in [1.807, 2.05) is 36.4 Å². The summed E-state index contributed by atoms with van der Waals surface area (Å²) in [6, 6.07) is 26.3. The van der Waals surface area contributed by atoms with E-state index in [0.29, 0.717) is 5.56 Å². The summed E-state index contributed by atoms with van der Waals surface area (Å²) in [4.78, 5) is 13.2. The van der Waals surface area contributed by atoms with E-state index in [1.54, 1.807) is 54.6 Å². The van der Waals surface area contributed by atoms with Crippen molar-refractivity contribution in [3.05, 3.63) is 108 Å². The maximum Gasteiger partial charge on any atom is 0.189 e. The highest BCUT2D eigenvalue weighted by Crippen LogP contribution is 2.23. The van der Waals surface area contributed by atoms with E-state index < -0.39 is 20.9 Å². The van der Waals surface area contributed by atoms with E-state index >= 15 is 0 Å². The number of Topliss-reactive ketones (excluding diaryl/α,β-unsaturated/α-hetero) is 1. The molecular formula is C23H20O3S. The number of carbonyl (C=O) groups is 1. The molecule has 0 radical (unpaired) electrons. The third kappa shape index (κ3) is 4.60. The van der Waals surface area contributed by atoms with Crippen LogP contribution in [0.3, 0.4) is 0 Å². The Hall–Kier alpha value is -2.98. The minimum Gasteiger partial charge on any atom is -0.293 e. The highest BCUT2D eigenvalue weighted by atomic mass is 32.2. The van der Waals surface area contributed by atoms with E-state index in [-0.39, 0.29) is 11.3 Å². The Bertz CT molecular complexity index is 1010. The number of ketones is 1. The number of rotatable bonds is 7. The number of allylic oxidation sites excluding steroid dienone is 1. The van der Waals surface area contributed by atoms with E-state index in [2.05, 4.69) is 0 Å². The monoisotopic (exact) mass is 376 g/mol. The average Bonchev–Trinajstić information content (AvgIpc) is 2.73. The lowest BCUT2D eigenvalue weighted by Gasteiger charge is -2.15. The fraction of sp³-hybridized carbons (Fsp3) is 0.0870. The van der Waals surface area contributed by atoms with Crippen molar-refractivity contribution in [3.8, 4) is 0 Å². The van der Waals surface area contributed by atoms with Crippen LogP contribution in [0, 0.1) is 0 Å². The van der Waals surface area contributed by atoms with Crippen LogP contribution in [0.15, 0.2) is 102 Å². The molecule has 3 rings (SSSR count). The minimum absolute atomic E-state index is 0.111. The van der Waals surface area contributed by atoms with Gasteiger partial charge in [0.05, 0.1) is 4.90 Å². The summed E-state index contributed by atoms with van der Waals surface area (Å²) in [7, 11) is -3.80. The van der Waals surface area contributed by atoms with Gasteiger partial charge < -0.3 is 0 Å². The van der Waals surface area contributed by atoms with Crippen molar-refractivity contribution in [1.82, 2.24) is 0 Å². The molecule has 1 unspecified atom stereocenters. The van der Waals surface area contributed by atoms with Crippen molar-refractivity contribution < 1.29 is 13.2 Å². The van der Waals surface area contributed by atoms with Gasteiger partial charge in [0.1, 0.15) is 5.25 Å². The lowest BCUT2D eigenvalue weighted by Crippen LogP contribution is -2.30. The fourth-order valence-corrected chi connectivity index (χ4v) is 4.48. The lowest BCUT2D eigenvalue weighted by molar-refractivity contribution is 0.0987. The molecule has 0 saturated carbocycles. The third-order valence-corrected chi connectivity index (χ3v) is 6.34. The van der Waals surface area contributed by atoms with Gasteiger partial charge in [-0.2, -0.15) is 0 Å². The van der Waals surface area contributed by atoms with Crippen LogP contribution in [0.4, 0.5) is 0 Å². The average molecular weight is 376 g/mol. The third-order valence-electron chi connectivity index (χ3n) is 4.26. The van der Waals surface area contributed by atoms with Crippen molar-refractivity contribution >= 4 is 21.7 Å². The molecule has 3 aromatic rings. The van der Waals surface area contributed by atoms with E-state index in [1.165, 1.54) is 12.1 Å². The number of carbonyl (C=O) groups excluding carboxylic acids is 1. The normalized spacial score (nSPS) is 12.7. The number of benzene rings is 3. The number of sulfone groups is 1. The first-order chi connectivity index (χ1) is 13.1. The Kier molecular flexibility index (Phi) is 5.99. The summed E-state index contributed by atoms with van der Waals surface area (Å²) in [5.41, 5.74) is 1.36. The topological polar surface area (TPSA) is 51.2 Å². The molecule has 0 fully saturated rings. The molecule has 1 atom stereocenters. The quantitative estimate of drug-likeness (QED) is 0.556. The smallest absolute Gasteiger partial charge is 0.189 e. The number of hydrogen-bond acceptors (Lipinski definition) is 3. The SMILES string of the molecule is O=C(c1ccccc1)C(CC=Cc1ccccc1)S(=O)(=O)c1ccccc1. The summed E-state index contributed by atoms with van der Waals surface area (Å²) >= 11 is 0. The molecule has 0 bridgehead atoms. The molecule has 0 aliphatic rings. The molecular weight excluding hydrogens is 356 g/mol. The van der Waals surface area contributed by atoms with E-state index in [0.717, 1.165) is 5.56 Å². The standard InChI is InChI=1S/C23H20O3S/c24-23(20-14-6-2-7-15-20)22(18-10-13-19-11-4-1-5-12-19)27(25,26)21-16-8-3-9-17-21/h1-17,22H,18H2. The molecule has 27 heavy (non-hydrogen) atoms. The van der Waals surface area contributed by atoms with Crippen LogP contribution in [-0.2, 0) is 9.84 Å². The van der Waals surface area contributed by atoms with Crippen molar-refractivity contribution in [2.45, 2.75) is 16.6 Å². The van der Waals surface area contributed by atoms with Crippen LogP contribution in [0.1, 0.15) is 22.3 Å². The summed E-state index contributed by atoms with van der Waals surface area (Å²) in [6.45, 7) is 0. The van der Waals surface area contributed by atoms with Crippen LogP contribution >= 0.6 is 0 Å². The zero-order valence-corrected chi connectivity index (χ0v) is 15.5. The highest BCUT2D eigenvalue weighted by Gasteiger charge is 2.33. The predicted molar refractivity (Wildman–Crippen MR) is 108 cm³/mol. The van der Waals surface area contributed by atoms with Gasteiger partial charge in [-0.25, -0.2) is 8.42 Å². The van der Waals surface area contributed by atoms with Crippen LogP contribution < -0.4 is 0 Å². The fourth-order valence-electron chi connectivity index (χ4n) is 2.83. The molecule has 0 N–H and O–H groups in total. The second-order valence-electron chi connectivity index (χ2n) is 6.13. The Morgan fingerprint density at radius 3 is 1.89 bits per heavy atom. The minimum atomic E-state index is -3.80. The lowest BCUT2D eigenvalue weighted by atomic mass is 10.1. The van der Waals surface area contributed by atoms with Gasteiger partial charge in [0, 0.05) is 5.56 Å². The van der Waals surface area contributed by atoms with Gasteiger partial charge in [0.25, 0.3) is 0 Å². The zero-order chi connectivity index (χ0) is 19.1. The van der Waals surface area contributed by atoms with Gasteiger partial charge in [0.15, 0.2) is 15.6 Å². The largest absolute Gasteiger partial charge is 0.293 e. The van der Waals surface area contributed by atoms with E-state index in [4.69, 9.17) is 0 Å². The molecule has 3 aromatic carbocycles. The summed E-state index contributed by atoms with van der Waals surface area (Å²) in [5, 5.41) is -1.16. The molecule has 0 aliphatic carbocycles. The highest BCUT2D eigenvalue weighted by molar-refractivity contribution is 7.92. The van der Waals surface area contributed by atoms with Crippen molar-refractivity contribution in [2.24, 2.45) is 0 Å². The Labute approximate surface area is 159 Å². The Morgan fingerprint density at radius 1 is 0.778 bits per heavy atom. The molecule has 0 saturated heterocycles. The van der Waals surface area contributed by atoms with Crippen molar-refractivity contribution in [3.63, 3.8) is 0 Å². The molecule has 3 nitrogen and oxygen atoms in total. The molecule has 0 amide bonds. The van der Waals surface area contributed by atoms with Gasteiger partial charge >= 0.3 is 0 Å². The maximum absolute atomic E-state index is 13.1. The molecule has 136 valence electrons.